The van der Waals surface area contributed by atoms with Gasteiger partial charge in [-0.15, -0.1) is 0 Å². The highest BCUT2D eigenvalue weighted by Gasteiger charge is 2.48. The summed E-state index contributed by atoms with van der Waals surface area (Å²) in [5, 5.41) is -0.341. The Kier molecular flexibility index (Phi) is 4.86. The van der Waals surface area contributed by atoms with Crippen LogP contribution in [-0.2, 0) is 11.1 Å². The minimum Gasteiger partial charge on any atom is -0.306 e. The third kappa shape index (κ3) is 2.85. The monoisotopic (exact) mass is 363 g/mol. The van der Waals surface area contributed by atoms with Crippen molar-refractivity contribution in [1.82, 2.24) is 4.90 Å². The summed E-state index contributed by atoms with van der Waals surface area (Å²) >= 11 is -1.92. The lowest BCUT2D eigenvalue weighted by Gasteiger charge is -2.47. The van der Waals surface area contributed by atoms with E-state index in [0.717, 1.165) is 0 Å². The number of hydrogen-bond acceptors (Lipinski definition) is 3. The highest BCUT2D eigenvalue weighted by atomic mass is 32.2. The quantitative estimate of drug-likeness (QED) is 0.662. The number of imide groups is 1. The zero-order chi connectivity index (χ0) is 18.5. The standard InChI is InChI=1S/C19H25NO4S/c1-10-11(2)16(13(4)17(12(10)3)25(23)24)9-20-18(21)14-7-5-6-8-15(14)19(20)22/h5-8,10-13,16-17H,9H2,1-4H3,(H,23,24). The third-order valence-corrected chi connectivity index (χ3v) is 7.87. The predicted octanol–water partition coefficient (Wildman–Crippen LogP) is 3.05. The highest BCUT2D eigenvalue weighted by molar-refractivity contribution is 7.79. The molecular weight excluding hydrogens is 338 g/mol. The van der Waals surface area contributed by atoms with Gasteiger partial charge in [0.15, 0.2) is 11.1 Å². The average molecular weight is 363 g/mol. The summed E-state index contributed by atoms with van der Waals surface area (Å²) in [5.41, 5.74) is 0.902. The number of fused-ring (bicyclic) bond motifs is 1. The Morgan fingerprint density at radius 3 is 1.92 bits per heavy atom. The van der Waals surface area contributed by atoms with Crippen LogP contribution in [0.4, 0.5) is 0 Å². The summed E-state index contributed by atoms with van der Waals surface area (Å²) in [6.07, 6.45) is 0. The molecule has 1 aliphatic carbocycles. The van der Waals surface area contributed by atoms with Crippen molar-refractivity contribution in [2.45, 2.75) is 32.9 Å². The highest BCUT2D eigenvalue weighted by Crippen LogP contribution is 2.44. The van der Waals surface area contributed by atoms with Crippen molar-refractivity contribution >= 4 is 22.9 Å². The van der Waals surface area contributed by atoms with E-state index in [0.29, 0.717) is 17.7 Å². The average Bonchev–Trinajstić information content (AvgIpc) is 2.81. The topological polar surface area (TPSA) is 74.7 Å². The lowest BCUT2D eigenvalue weighted by Crippen LogP contribution is -2.51. The number of benzene rings is 1. The van der Waals surface area contributed by atoms with Crippen LogP contribution in [0.5, 0.6) is 0 Å². The number of hydrogen-bond donors (Lipinski definition) is 1. The van der Waals surface area contributed by atoms with Crippen LogP contribution >= 0.6 is 0 Å². The second kappa shape index (κ2) is 6.65. The molecule has 1 heterocycles. The minimum atomic E-state index is -1.92. The zero-order valence-corrected chi connectivity index (χ0v) is 15.8. The first-order valence-corrected chi connectivity index (χ1v) is 9.97. The van der Waals surface area contributed by atoms with E-state index < -0.39 is 11.1 Å². The molecule has 1 aromatic carbocycles. The van der Waals surface area contributed by atoms with Crippen molar-refractivity contribution in [2.24, 2.45) is 29.6 Å². The van der Waals surface area contributed by atoms with Crippen molar-refractivity contribution in [2.75, 3.05) is 6.54 Å². The first kappa shape index (κ1) is 18.3. The molecule has 2 aliphatic rings. The molecule has 3 rings (SSSR count). The van der Waals surface area contributed by atoms with Crippen LogP contribution in [0.1, 0.15) is 48.4 Å². The van der Waals surface area contributed by atoms with Crippen LogP contribution in [0, 0.1) is 29.6 Å². The summed E-state index contributed by atoms with van der Waals surface area (Å²) in [7, 11) is 0. The fourth-order valence-corrected chi connectivity index (χ4v) is 5.87. The minimum absolute atomic E-state index is 0.00881. The van der Waals surface area contributed by atoms with Crippen molar-refractivity contribution in [1.29, 1.82) is 0 Å². The van der Waals surface area contributed by atoms with Gasteiger partial charge in [-0.05, 0) is 41.7 Å². The summed E-state index contributed by atoms with van der Waals surface area (Å²) in [5.74, 6) is 0.0765. The molecule has 6 heteroatoms. The lowest BCUT2D eigenvalue weighted by molar-refractivity contribution is 0.0385. The van der Waals surface area contributed by atoms with Gasteiger partial charge in [-0.3, -0.25) is 14.5 Å². The normalized spacial score (nSPS) is 36.4. The van der Waals surface area contributed by atoms with Gasteiger partial charge in [-0.2, -0.15) is 0 Å². The molecule has 0 aromatic heterocycles. The van der Waals surface area contributed by atoms with E-state index in [9.17, 15) is 18.4 Å². The van der Waals surface area contributed by atoms with Crippen LogP contribution < -0.4 is 0 Å². The second-order valence-corrected chi connectivity index (χ2v) is 8.70. The Balaban J connectivity index is 1.88. The molecule has 1 fully saturated rings. The smallest absolute Gasteiger partial charge is 0.261 e. The zero-order valence-electron chi connectivity index (χ0n) is 15.0. The van der Waals surface area contributed by atoms with Gasteiger partial charge in [0.2, 0.25) is 0 Å². The molecule has 7 unspecified atom stereocenters. The number of carbonyl (C=O) groups is 2. The van der Waals surface area contributed by atoms with Crippen LogP contribution in [0.3, 0.4) is 0 Å². The molecule has 1 aliphatic heterocycles. The van der Waals surface area contributed by atoms with E-state index in [1.807, 2.05) is 13.8 Å². The molecule has 0 bridgehead atoms. The Morgan fingerprint density at radius 2 is 1.44 bits per heavy atom. The first-order valence-electron chi connectivity index (χ1n) is 8.80. The SMILES string of the molecule is CC1C(C)C(CN2C(=O)c3ccccc3C2=O)C(C)C(S(=O)O)C1C. The molecule has 1 aromatic rings. The van der Waals surface area contributed by atoms with E-state index in [1.54, 1.807) is 24.3 Å². The van der Waals surface area contributed by atoms with Gasteiger partial charge in [0.05, 0.1) is 16.4 Å². The molecule has 136 valence electrons. The van der Waals surface area contributed by atoms with Gasteiger partial charge < -0.3 is 4.55 Å². The molecule has 1 N–H and O–H groups in total. The van der Waals surface area contributed by atoms with E-state index in [1.165, 1.54) is 4.90 Å². The molecule has 0 saturated heterocycles. The first-order chi connectivity index (χ1) is 11.8. The molecule has 0 radical (unpaired) electrons. The van der Waals surface area contributed by atoms with E-state index in [-0.39, 0.29) is 46.7 Å². The molecule has 2 amide bonds. The summed E-state index contributed by atoms with van der Waals surface area (Å²) < 4.78 is 21.7. The van der Waals surface area contributed by atoms with Gasteiger partial charge >= 0.3 is 0 Å². The molecule has 0 spiro atoms. The van der Waals surface area contributed by atoms with Crippen LogP contribution in [0.2, 0.25) is 0 Å². The van der Waals surface area contributed by atoms with Gasteiger partial charge in [0, 0.05) is 6.54 Å². The number of rotatable bonds is 3. The summed E-state index contributed by atoms with van der Waals surface area (Å²) in [6, 6.07) is 6.88. The molecule has 5 nitrogen and oxygen atoms in total. The van der Waals surface area contributed by atoms with Gasteiger partial charge in [0.1, 0.15) is 0 Å². The number of nitrogens with zero attached hydrogens (tertiary/aromatic N) is 1. The Morgan fingerprint density at radius 1 is 0.920 bits per heavy atom. The maximum Gasteiger partial charge on any atom is 0.261 e. The van der Waals surface area contributed by atoms with E-state index in [4.69, 9.17) is 0 Å². The number of amides is 2. The molecule has 7 atom stereocenters. The fourth-order valence-electron chi connectivity index (χ4n) is 4.68. The Hall–Kier alpha value is -1.53. The van der Waals surface area contributed by atoms with Gasteiger partial charge in [-0.1, -0.05) is 39.8 Å². The van der Waals surface area contributed by atoms with Crippen molar-refractivity contribution in [3.05, 3.63) is 35.4 Å². The van der Waals surface area contributed by atoms with Gasteiger partial charge in [-0.25, -0.2) is 4.21 Å². The Bertz CT molecular complexity index is 699. The maximum absolute atomic E-state index is 12.7. The second-order valence-electron chi connectivity index (χ2n) is 7.61. The van der Waals surface area contributed by atoms with Crippen molar-refractivity contribution in [3.8, 4) is 0 Å². The van der Waals surface area contributed by atoms with Gasteiger partial charge in [0.25, 0.3) is 11.8 Å². The Labute approximate surface area is 151 Å². The summed E-state index contributed by atoms with van der Waals surface area (Å²) in [6.45, 7) is 8.52. The van der Waals surface area contributed by atoms with E-state index >= 15 is 0 Å². The summed E-state index contributed by atoms with van der Waals surface area (Å²) in [4.78, 5) is 26.6. The van der Waals surface area contributed by atoms with Crippen molar-refractivity contribution < 1.29 is 18.4 Å². The molecule has 1 saturated carbocycles. The van der Waals surface area contributed by atoms with Crippen LogP contribution in [-0.4, -0.2) is 37.3 Å². The van der Waals surface area contributed by atoms with Crippen LogP contribution in [0.25, 0.3) is 0 Å². The maximum atomic E-state index is 12.7. The van der Waals surface area contributed by atoms with E-state index in [2.05, 4.69) is 13.8 Å². The van der Waals surface area contributed by atoms with Crippen molar-refractivity contribution in [3.63, 3.8) is 0 Å². The van der Waals surface area contributed by atoms with Crippen LogP contribution in [0.15, 0.2) is 24.3 Å². The largest absolute Gasteiger partial charge is 0.306 e. The number of carbonyl (C=O) groups excluding carboxylic acids is 2. The third-order valence-electron chi connectivity index (χ3n) is 6.55. The predicted molar refractivity (Wildman–Crippen MR) is 96.5 cm³/mol. The molecular formula is C19H25NO4S. The fraction of sp³-hybridized carbons (Fsp3) is 0.579. The lowest BCUT2D eigenvalue weighted by atomic mass is 9.63. The molecule has 25 heavy (non-hydrogen) atoms.